The maximum absolute atomic E-state index is 10.9. The molecule has 2 nitrogen and oxygen atoms in total. The number of unbranched alkanes of at least 4 members (excludes halogenated alkanes) is 14. The molecule has 0 saturated carbocycles. The molecular formula is C23H42O2. The van der Waals surface area contributed by atoms with Crippen LogP contribution in [0, 0.1) is 0 Å². The number of allylic oxidation sites excluding steroid dienone is 2. The lowest BCUT2D eigenvalue weighted by Gasteiger charge is -2.04. The highest BCUT2D eigenvalue weighted by Gasteiger charge is 1.96. The molecule has 0 saturated heterocycles. The average Bonchev–Trinajstić information content (AvgIpc) is 2.63. The van der Waals surface area contributed by atoms with Gasteiger partial charge in [-0.15, -0.1) is 0 Å². The predicted molar refractivity (Wildman–Crippen MR) is 110 cm³/mol. The number of hydrogen-bond acceptors (Lipinski definition) is 2. The number of hydrogen-bond donors (Lipinski definition) is 0. The van der Waals surface area contributed by atoms with E-state index in [0.717, 1.165) is 6.42 Å². The molecule has 0 aromatic carbocycles. The van der Waals surface area contributed by atoms with Crippen LogP contribution >= 0.6 is 0 Å². The summed E-state index contributed by atoms with van der Waals surface area (Å²) in [6.45, 7) is 6.12. The van der Waals surface area contributed by atoms with Crippen molar-refractivity contribution in [3.05, 3.63) is 24.8 Å². The summed E-state index contributed by atoms with van der Waals surface area (Å²) < 4.78 is 4.96. The molecule has 0 fully saturated rings. The number of ether oxygens (including phenoxy) is 1. The monoisotopic (exact) mass is 350 g/mol. The van der Waals surface area contributed by atoms with Crippen molar-refractivity contribution in [3.8, 4) is 0 Å². The number of rotatable bonds is 19. The molecule has 0 aromatic heterocycles. The number of esters is 1. The van der Waals surface area contributed by atoms with Gasteiger partial charge in [-0.05, 0) is 25.7 Å². The Hall–Kier alpha value is -1.05. The lowest BCUT2D eigenvalue weighted by atomic mass is 10.0. The molecule has 0 spiro atoms. The van der Waals surface area contributed by atoms with E-state index in [2.05, 4.69) is 25.7 Å². The Morgan fingerprint density at radius 1 is 0.720 bits per heavy atom. The third-order valence-electron chi connectivity index (χ3n) is 4.58. The maximum atomic E-state index is 10.9. The van der Waals surface area contributed by atoms with Crippen LogP contribution in [0.15, 0.2) is 24.8 Å². The van der Waals surface area contributed by atoms with Gasteiger partial charge < -0.3 is 4.74 Å². The minimum absolute atomic E-state index is 0.302. The van der Waals surface area contributed by atoms with Crippen molar-refractivity contribution in [1.82, 2.24) is 0 Å². The zero-order valence-electron chi connectivity index (χ0n) is 16.8. The summed E-state index contributed by atoms with van der Waals surface area (Å²) in [5, 5.41) is 0. The van der Waals surface area contributed by atoms with Crippen molar-refractivity contribution in [2.75, 3.05) is 6.61 Å². The molecule has 0 heterocycles. The molecule has 0 aliphatic heterocycles. The van der Waals surface area contributed by atoms with Crippen LogP contribution in [0.5, 0.6) is 0 Å². The fourth-order valence-electron chi connectivity index (χ4n) is 3.00. The number of carbonyl (C=O) groups excluding carboxylic acids is 1. The minimum Gasteiger partial charge on any atom is -0.463 e. The lowest BCUT2D eigenvalue weighted by Crippen LogP contribution is -2.01. The van der Waals surface area contributed by atoms with E-state index >= 15 is 0 Å². The van der Waals surface area contributed by atoms with Crippen LogP contribution in [0.25, 0.3) is 0 Å². The largest absolute Gasteiger partial charge is 0.463 e. The van der Waals surface area contributed by atoms with E-state index in [1.165, 1.54) is 102 Å². The molecule has 0 aliphatic carbocycles. The van der Waals surface area contributed by atoms with Crippen molar-refractivity contribution in [1.29, 1.82) is 0 Å². The average molecular weight is 351 g/mol. The first-order valence-corrected chi connectivity index (χ1v) is 10.8. The van der Waals surface area contributed by atoms with Crippen LogP contribution in [-0.4, -0.2) is 12.6 Å². The Morgan fingerprint density at radius 2 is 1.16 bits per heavy atom. The molecule has 0 aliphatic rings. The minimum atomic E-state index is -0.302. The van der Waals surface area contributed by atoms with Crippen LogP contribution in [0.2, 0.25) is 0 Å². The molecule has 0 unspecified atom stereocenters. The third-order valence-corrected chi connectivity index (χ3v) is 4.58. The van der Waals surface area contributed by atoms with Gasteiger partial charge in [0.05, 0.1) is 6.61 Å². The molecule has 2 heteroatoms. The second-order valence-electron chi connectivity index (χ2n) is 6.99. The summed E-state index contributed by atoms with van der Waals surface area (Å²) in [5.74, 6) is -0.302. The van der Waals surface area contributed by atoms with E-state index in [0.29, 0.717) is 6.61 Å². The van der Waals surface area contributed by atoms with Crippen LogP contribution in [-0.2, 0) is 9.53 Å². The molecule has 0 amide bonds. The summed E-state index contributed by atoms with van der Waals surface area (Å²) in [6.07, 6.45) is 27.0. The smallest absolute Gasteiger partial charge is 0.330 e. The summed E-state index contributed by atoms with van der Waals surface area (Å²) in [6, 6.07) is 0. The van der Waals surface area contributed by atoms with E-state index in [9.17, 15) is 4.79 Å². The van der Waals surface area contributed by atoms with E-state index in [4.69, 9.17) is 4.74 Å². The standard InChI is InChI=1S/C23H42O2/c1-3-5-6-7-8-9-10-11-12-13-14-15-16-17-18-19-20-21-22-25-23(24)4-2/h4-6H,2-3,7-22H2,1H3/b6-5+. The van der Waals surface area contributed by atoms with E-state index in [1.54, 1.807) is 0 Å². The van der Waals surface area contributed by atoms with Gasteiger partial charge in [0, 0.05) is 6.08 Å². The molecular weight excluding hydrogens is 308 g/mol. The summed E-state index contributed by atoms with van der Waals surface area (Å²) in [7, 11) is 0. The first kappa shape index (κ1) is 23.9. The second kappa shape index (κ2) is 21.0. The Labute approximate surface area is 157 Å². The first-order valence-electron chi connectivity index (χ1n) is 10.8. The van der Waals surface area contributed by atoms with Crippen LogP contribution in [0.4, 0.5) is 0 Å². The van der Waals surface area contributed by atoms with Crippen molar-refractivity contribution in [2.24, 2.45) is 0 Å². The molecule has 0 atom stereocenters. The van der Waals surface area contributed by atoms with Crippen molar-refractivity contribution in [3.63, 3.8) is 0 Å². The normalized spacial score (nSPS) is 11.1. The van der Waals surface area contributed by atoms with Crippen molar-refractivity contribution >= 4 is 5.97 Å². The van der Waals surface area contributed by atoms with Crippen LogP contribution in [0.1, 0.15) is 110 Å². The molecule has 0 rings (SSSR count). The molecule has 0 bridgehead atoms. The zero-order valence-corrected chi connectivity index (χ0v) is 16.8. The summed E-state index contributed by atoms with van der Waals surface area (Å²) >= 11 is 0. The van der Waals surface area contributed by atoms with E-state index in [1.807, 2.05) is 0 Å². The van der Waals surface area contributed by atoms with Gasteiger partial charge in [0.15, 0.2) is 0 Å². The third kappa shape index (κ3) is 20.9. The predicted octanol–water partition coefficient (Wildman–Crippen LogP) is 7.53. The lowest BCUT2D eigenvalue weighted by molar-refractivity contribution is -0.137. The SMILES string of the molecule is C=CC(=O)OCCCCCCCCCCCCCCCC/C=C/CC. The Morgan fingerprint density at radius 3 is 1.60 bits per heavy atom. The van der Waals surface area contributed by atoms with Crippen molar-refractivity contribution in [2.45, 2.75) is 110 Å². The van der Waals surface area contributed by atoms with E-state index < -0.39 is 0 Å². The van der Waals surface area contributed by atoms with Crippen LogP contribution in [0.3, 0.4) is 0 Å². The first-order chi connectivity index (χ1) is 12.3. The fraction of sp³-hybridized carbons (Fsp3) is 0.783. The second-order valence-corrected chi connectivity index (χ2v) is 6.99. The van der Waals surface area contributed by atoms with Gasteiger partial charge in [0.2, 0.25) is 0 Å². The summed E-state index contributed by atoms with van der Waals surface area (Å²) in [4.78, 5) is 10.9. The van der Waals surface area contributed by atoms with Gasteiger partial charge in [-0.25, -0.2) is 4.79 Å². The zero-order chi connectivity index (χ0) is 18.4. The molecule has 146 valence electrons. The van der Waals surface area contributed by atoms with Gasteiger partial charge in [-0.3, -0.25) is 0 Å². The Bertz CT molecular complexity index is 320. The highest BCUT2D eigenvalue weighted by molar-refractivity contribution is 5.81. The van der Waals surface area contributed by atoms with Gasteiger partial charge in [0.1, 0.15) is 0 Å². The summed E-state index contributed by atoms with van der Waals surface area (Å²) in [5.41, 5.74) is 0. The quantitative estimate of drug-likeness (QED) is 0.104. The molecule has 0 radical (unpaired) electrons. The Kier molecular flexibility index (Phi) is 20.1. The molecule has 0 aromatic rings. The van der Waals surface area contributed by atoms with Crippen LogP contribution < -0.4 is 0 Å². The molecule has 25 heavy (non-hydrogen) atoms. The topological polar surface area (TPSA) is 26.3 Å². The maximum Gasteiger partial charge on any atom is 0.330 e. The van der Waals surface area contributed by atoms with Gasteiger partial charge in [-0.2, -0.15) is 0 Å². The Balaban J connectivity index is 3.04. The molecule has 0 N–H and O–H groups in total. The van der Waals surface area contributed by atoms with Crippen molar-refractivity contribution < 1.29 is 9.53 Å². The number of carbonyl (C=O) groups is 1. The highest BCUT2D eigenvalue weighted by Crippen LogP contribution is 2.13. The van der Waals surface area contributed by atoms with Gasteiger partial charge in [0.25, 0.3) is 0 Å². The van der Waals surface area contributed by atoms with Gasteiger partial charge >= 0.3 is 5.97 Å². The van der Waals surface area contributed by atoms with Gasteiger partial charge in [-0.1, -0.05) is 103 Å². The fourth-order valence-corrected chi connectivity index (χ4v) is 3.00. The highest BCUT2D eigenvalue weighted by atomic mass is 16.5. The van der Waals surface area contributed by atoms with E-state index in [-0.39, 0.29) is 5.97 Å².